The second kappa shape index (κ2) is 9.43. The number of piperidine rings is 1. The minimum Gasteiger partial charge on any atom is -0.357 e. The molecule has 2 saturated heterocycles. The van der Waals surface area contributed by atoms with Gasteiger partial charge in [0, 0.05) is 32.1 Å². The molecule has 3 heterocycles. The minimum atomic E-state index is -3.53. The number of anilines is 2. The first-order chi connectivity index (χ1) is 16.0. The molecule has 0 bridgehead atoms. The Balaban J connectivity index is 1.17. The molecular formula is C25H32N4O3S. The van der Waals surface area contributed by atoms with Gasteiger partial charge in [-0.15, -0.1) is 0 Å². The van der Waals surface area contributed by atoms with Crippen molar-refractivity contribution in [2.24, 2.45) is 5.92 Å². The Bertz CT molecular complexity index is 1100. The highest BCUT2D eigenvalue weighted by atomic mass is 32.2. The number of sulfonamides is 1. The van der Waals surface area contributed by atoms with Gasteiger partial charge in [-0.05, 0) is 86.8 Å². The predicted octanol–water partition coefficient (Wildman–Crippen LogP) is 3.60. The maximum absolute atomic E-state index is 13.2. The van der Waals surface area contributed by atoms with E-state index in [2.05, 4.69) is 15.2 Å². The number of fused-ring (bicyclic) bond motifs is 1. The third-order valence-corrected chi connectivity index (χ3v) is 9.12. The molecule has 0 radical (unpaired) electrons. The molecule has 0 atom stereocenters. The van der Waals surface area contributed by atoms with Crippen LogP contribution < -0.4 is 10.2 Å². The molecule has 0 unspecified atom stereocenters. The van der Waals surface area contributed by atoms with Crippen molar-refractivity contribution in [2.45, 2.75) is 56.3 Å². The average Bonchev–Trinajstić information content (AvgIpc) is 3.39. The van der Waals surface area contributed by atoms with Crippen LogP contribution in [0.15, 0.2) is 41.4 Å². The number of carbonyl (C=O) groups is 1. The lowest BCUT2D eigenvalue weighted by molar-refractivity contribution is -0.120. The molecule has 0 spiro atoms. The summed E-state index contributed by atoms with van der Waals surface area (Å²) in [6.07, 6.45) is 9.43. The summed E-state index contributed by atoms with van der Waals surface area (Å²) in [5, 5.41) is 2.96. The number of nitrogens with one attached hydrogen (secondary N) is 1. The van der Waals surface area contributed by atoms with Gasteiger partial charge >= 0.3 is 0 Å². The van der Waals surface area contributed by atoms with Crippen molar-refractivity contribution in [2.75, 3.05) is 36.4 Å². The van der Waals surface area contributed by atoms with Gasteiger partial charge in [-0.2, -0.15) is 4.31 Å². The lowest BCUT2D eigenvalue weighted by atomic mass is 9.92. The van der Waals surface area contributed by atoms with Gasteiger partial charge in [0.25, 0.3) is 0 Å². The first-order valence-electron chi connectivity index (χ1n) is 12.1. The number of aromatic nitrogens is 1. The van der Waals surface area contributed by atoms with Crippen molar-refractivity contribution in [3.05, 3.63) is 47.7 Å². The van der Waals surface area contributed by atoms with Gasteiger partial charge in [-0.3, -0.25) is 4.79 Å². The number of hydrogen-bond donors (Lipinski definition) is 1. The van der Waals surface area contributed by atoms with E-state index in [9.17, 15) is 13.2 Å². The first-order valence-corrected chi connectivity index (χ1v) is 13.6. The normalized spacial score (nSPS) is 19.9. The zero-order chi connectivity index (χ0) is 22.8. The monoisotopic (exact) mass is 468 g/mol. The number of carbonyl (C=O) groups excluding carboxylic acids is 1. The number of pyridine rings is 1. The number of benzene rings is 1. The Morgan fingerprint density at radius 3 is 2.33 bits per heavy atom. The first kappa shape index (κ1) is 22.3. The Labute approximate surface area is 196 Å². The highest BCUT2D eigenvalue weighted by Crippen LogP contribution is 2.29. The van der Waals surface area contributed by atoms with Crippen LogP contribution in [0.4, 0.5) is 11.5 Å². The molecule has 1 amide bonds. The topological polar surface area (TPSA) is 82.6 Å². The summed E-state index contributed by atoms with van der Waals surface area (Å²) in [4.78, 5) is 19.9. The molecule has 1 aromatic heterocycles. The molecule has 1 aromatic carbocycles. The van der Waals surface area contributed by atoms with Crippen LogP contribution in [-0.4, -0.2) is 49.8 Å². The molecule has 1 N–H and O–H groups in total. The number of nitrogens with zero attached hydrogens (tertiary/aromatic N) is 3. The molecule has 176 valence electrons. The average molecular weight is 469 g/mol. The van der Waals surface area contributed by atoms with E-state index >= 15 is 0 Å². The number of rotatable bonds is 5. The van der Waals surface area contributed by atoms with Crippen molar-refractivity contribution in [1.29, 1.82) is 0 Å². The van der Waals surface area contributed by atoms with Crippen LogP contribution in [0.2, 0.25) is 0 Å². The van der Waals surface area contributed by atoms with Gasteiger partial charge in [-0.25, -0.2) is 13.4 Å². The van der Waals surface area contributed by atoms with Gasteiger partial charge in [0.15, 0.2) is 0 Å². The molecule has 2 aromatic rings. The molecule has 7 nitrogen and oxygen atoms in total. The van der Waals surface area contributed by atoms with Crippen molar-refractivity contribution in [1.82, 2.24) is 9.29 Å². The van der Waals surface area contributed by atoms with E-state index in [1.807, 2.05) is 24.3 Å². The molecular weight excluding hydrogens is 436 g/mol. The van der Waals surface area contributed by atoms with Crippen molar-refractivity contribution in [3.63, 3.8) is 0 Å². The molecule has 1 aliphatic carbocycles. The quantitative estimate of drug-likeness (QED) is 0.725. The van der Waals surface area contributed by atoms with E-state index in [0.717, 1.165) is 38.2 Å². The van der Waals surface area contributed by atoms with Gasteiger partial charge in [-0.1, -0.05) is 6.07 Å². The standard InChI is InChI=1S/C25H32N4O3S/c30-25(27-22-8-10-24(26-18-22)28-13-3-4-14-28)20-11-15-29(16-12-20)33(31,32)23-9-7-19-5-1-2-6-21(19)17-23/h7-10,17-18,20H,1-6,11-16H2,(H,27,30). The summed E-state index contributed by atoms with van der Waals surface area (Å²) >= 11 is 0. The van der Waals surface area contributed by atoms with Crippen molar-refractivity contribution >= 4 is 27.4 Å². The Kier molecular flexibility index (Phi) is 6.38. The number of hydrogen-bond acceptors (Lipinski definition) is 5. The summed E-state index contributed by atoms with van der Waals surface area (Å²) < 4.78 is 27.9. The zero-order valence-corrected chi connectivity index (χ0v) is 19.8. The predicted molar refractivity (Wildman–Crippen MR) is 129 cm³/mol. The number of aryl methyl sites for hydroxylation is 2. The third kappa shape index (κ3) is 4.77. The Morgan fingerprint density at radius 1 is 0.909 bits per heavy atom. The highest BCUT2D eigenvalue weighted by Gasteiger charge is 2.32. The summed E-state index contributed by atoms with van der Waals surface area (Å²) in [5.74, 6) is 0.695. The Hall–Kier alpha value is -2.45. The fourth-order valence-corrected chi connectivity index (χ4v) is 6.74. The Morgan fingerprint density at radius 2 is 1.64 bits per heavy atom. The molecule has 5 rings (SSSR count). The lowest BCUT2D eigenvalue weighted by Crippen LogP contribution is -2.41. The van der Waals surface area contributed by atoms with Crippen LogP contribution in [0.1, 0.15) is 49.7 Å². The van der Waals surface area contributed by atoms with Crippen LogP contribution in [-0.2, 0) is 27.7 Å². The van der Waals surface area contributed by atoms with Crippen LogP contribution in [0.5, 0.6) is 0 Å². The molecule has 2 fully saturated rings. The van der Waals surface area contributed by atoms with E-state index in [0.29, 0.717) is 36.5 Å². The fraction of sp³-hybridized carbons (Fsp3) is 0.520. The third-order valence-electron chi connectivity index (χ3n) is 7.23. The van der Waals surface area contributed by atoms with Crippen LogP contribution >= 0.6 is 0 Å². The molecule has 2 aliphatic heterocycles. The second-order valence-electron chi connectivity index (χ2n) is 9.40. The molecule has 3 aliphatic rings. The largest absolute Gasteiger partial charge is 0.357 e. The summed E-state index contributed by atoms with van der Waals surface area (Å²) in [5.41, 5.74) is 3.13. The van der Waals surface area contributed by atoms with Crippen molar-refractivity contribution in [3.8, 4) is 0 Å². The lowest BCUT2D eigenvalue weighted by Gasteiger charge is -2.31. The fourth-order valence-electron chi connectivity index (χ4n) is 5.22. The van der Waals surface area contributed by atoms with E-state index in [1.54, 1.807) is 12.3 Å². The smallest absolute Gasteiger partial charge is 0.243 e. The second-order valence-corrected chi connectivity index (χ2v) is 11.3. The van der Waals surface area contributed by atoms with E-state index < -0.39 is 10.0 Å². The van der Waals surface area contributed by atoms with Gasteiger partial charge in [0.05, 0.1) is 16.8 Å². The van der Waals surface area contributed by atoms with Crippen LogP contribution in [0.25, 0.3) is 0 Å². The highest BCUT2D eigenvalue weighted by molar-refractivity contribution is 7.89. The maximum atomic E-state index is 13.2. The summed E-state index contributed by atoms with van der Waals surface area (Å²) in [6.45, 7) is 2.80. The molecule has 0 saturated carbocycles. The van der Waals surface area contributed by atoms with E-state index in [-0.39, 0.29) is 11.8 Å². The zero-order valence-electron chi connectivity index (χ0n) is 19.0. The minimum absolute atomic E-state index is 0.0587. The van der Waals surface area contributed by atoms with Crippen LogP contribution in [0, 0.1) is 5.92 Å². The number of amides is 1. The van der Waals surface area contributed by atoms with Crippen LogP contribution in [0.3, 0.4) is 0 Å². The summed E-state index contributed by atoms with van der Waals surface area (Å²) in [6, 6.07) is 9.44. The molecule has 33 heavy (non-hydrogen) atoms. The van der Waals surface area contributed by atoms with Gasteiger partial charge in [0.1, 0.15) is 5.82 Å². The SMILES string of the molecule is O=C(Nc1ccc(N2CCCC2)nc1)C1CCN(S(=O)(=O)c2ccc3c(c2)CCCC3)CC1. The van der Waals surface area contributed by atoms with Gasteiger partial charge in [0.2, 0.25) is 15.9 Å². The van der Waals surface area contributed by atoms with E-state index in [1.165, 1.54) is 34.7 Å². The maximum Gasteiger partial charge on any atom is 0.243 e. The van der Waals surface area contributed by atoms with Crippen molar-refractivity contribution < 1.29 is 13.2 Å². The summed E-state index contributed by atoms with van der Waals surface area (Å²) in [7, 11) is -3.53. The molecule has 8 heteroatoms. The van der Waals surface area contributed by atoms with Gasteiger partial charge < -0.3 is 10.2 Å². The van der Waals surface area contributed by atoms with E-state index in [4.69, 9.17) is 0 Å².